The Balaban J connectivity index is 1.35. The number of allylic oxidation sites excluding steroid dienone is 2. The molecule has 0 radical (unpaired) electrons. The van der Waals surface area contributed by atoms with Crippen LogP contribution in [0.25, 0.3) is 0 Å². The Morgan fingerprint density at radius 3 is 2.28 bits per heavy atom. The zero-order valence-corrected chi connectivity index (χ0v) is 29.0. The van der Waals surface area contributed by atoms with E-state index in [2.05, 4.69) is 46.9 Å². The van der Waals surface area contributed by atoms with E-state index < -0.39 is 10.3 Å². The van der Waals surface area contributed by atoms with Crippen molar-refractivity contribution in [3.05, 3.63) is 46.0 Å². The second-order valence-electron chi connectivity index (χ2n) is 17.4. The van der Waals surface area contributed by atoms with Crippen molar-refractivity contribution in [3.63, 3.8) is 0 Å². The van der Waals surface area contributed by atoms with E-state index in [1.165, 1.54) is 18.6 Å². The molecule has 0 heterocycles. The first kappa shape index (κ1) is 32.9. The quantitative estimate of drug-likeness (QED) is 0.202. The Kier molecular flexibility index (Phi) is 7.50. The number of carbonyl (C=O) groups excluding carboxylic acids is 3. The van der Waals surface area contributed by atoms with Gasteiger partial charge in [-0.15, -0.1) is 0 Å². The monoisotopic (exact) mass is 632 g/mol. The van der Waals surface area contributed by atoms with Gasteiger partial charge in [-0.3, -0.25) is 24.5 Å². The highest BCUT2D eigenvalue weighted by Crippen LogP contribution is 2.75. The van der Waals surface area contributed by atoms with Crippen molar-refractivity contribution >= 4 is 29.0 Å². The van der Waals surface area contributed by atoms with Crippen LogP contribution < -0.4 is 5.32 Å². The van der Waals surface area contributed by atoms with Gasteiger partial charge in [0.15, 0.2) is 5.78 Å². The van der Waals surface area contributed by atoms with Crippen LogP contribution in [0, 0.1) is 60.4 Å². The van der Waals surface area contributed by atoms with E-state index >= 15 is 0 Å². The van der Waals surface area contributed by atoms with Gasteiger partial charge in [0.25, 0.3) is 5.69 Å². The van der Waals surface area contributed by atoms with Crippen molar-refractivity contribution in [1.82, 2.24) is 0 Å². The van der Waals surface area contributed by atoms with Crippen LogP contribution in [0.3, 0.4) is 0 Å². The molecule has 0 unspecified atom stereocenters. The van der Waals surface area contributed by atoms with E-state index in [1.807, 2.05) is 13.0 Å². The SMILES string of the molecule is CC(=O)O[C@@H]1CC[C@@]2(C)[C@H](CC[C@]3(C)[C@@H]2C(=O)C=C2[C@H]4C[C@@](C)(C(=O)Nc5ccccc5[N+](=O)[O-])CC[C@]4(C)CC[C@@]23C)C1(C)C. The van der Waals surface area contributed by atoms with Crippen LogP contribution in [0.4, 0.5) is 11.4 Å². The molecule has 0 spiro atoms. The number of benzene rings is 1. The first-order chi connectivity index (χ1) is 21.3. The lowest BCUT2D eigenvalue weighted by Gasteiger charge is -2.70. The molecule has 0 aliphatic heterocycles. The van der Waals surface area contributed by atoms with Crippen molar-refractivity contribution in [2.24, 2.45) is 50.2 Å². The van der Waals surface area contributed by atoms with Gasteiger partial charge >= 0.3 is 5.97 Å². The molecule has 1 aromatic carbocycles. The normalized spacial score (nSPS) is 42.7. The van der Waals surface area contributed by atoms with Gasteiger partial charge in [-0.1, -0.05) is 66.2 Å². The maximum absolute atomic E-state index is 14.7. The number of rotatable bonds is 4. The summed E-state index contributed by atoms with van der Waals surface area (Å²) < 4.78 is 5.86. The average Bonchev–Trinajstić information content (AvgIpc) is 2.96. The minimum absolute atomic E-state index is 0.0153. The zero-order valence-electron chi connectivity index (χ0n) is 29.0. The molecule has 46 heavy (non-hydrogen) atoms. The molecular formula is C38H52N2O6. The average molecular weight is 633 g/mol. The van der Waals surface area contributed by atoms with Crippen LogP contribution in [-0.4, -0.2) is 28.7 Å². The largest absolute Gasteiger partial charge is 0.462 e. The van der Waals surface area contributed by atoms with E-state index in [0.29, 0.717) is 12.8 Å². The summed E-state index contributed by atoms with van der Waals surface area (Å²) in [5.74, 6) is 0.0107. The van der Waals surface area contributed by atoms with Crippen LogP contribution in [0.15, 0.2) is 35.9 Å². The number of fused-ring (bicyclic) bond motifs is 7. The second kappa shape index (κ2) is 10.5. The third-order valence-corrected chi connectivity index (χ3v) is 14.7. The number of hydrogen-bond donors (Lipinski definition) is 1. The van der Waals surface area contributed by atoms with Crippen molar-refractivity contribution in [2.45, 2.75) is 119 Å². The summed E-state index contributed by atoms with van der Waals surface area (Å²) in [5, 5.41) is 14.6. The zero-order chi connectivity index (χ0) is 33.7. The molecule has 1 aromatic rings. The Morgan fingerprint density at radius 2 is 1.61 bits per heavy atom. The molecule has 1 amide bonds. The molecular weight excluding hydrogens is 580 g/mol. The van der Waals surface area contributed by atoms with Crippen LogP contribution in [-0.2, 0) is 19.1 Å². The minimum atomic E-state index is -0.726. The van der Waals surface area contributed by atoms with E-state index in [4.69, 9.17) is 4.74 Å². The highest BCUT2D eigenvalue weighted by atomic mass is 16.6. The number of nitrogens with zero attached hydrogens (tertiary/aromatic N) is 1. The molecule has 5 aliphatic carbocycles. The van der Waals surface area contributed by atoms with E-state index in [9.17, 15) is 24.5 Å². The number of esters is 1. The Labute approximate surface area is 273 Å². The van der Waals surface area contributed by atoms with Crippen LogP contribution >= 0.6 is 0 Å². The third kappa shape index (κ3) is 4.55. The summed E-state index contributed by atoms with van der Waals surface area (Å²) in [5.41, 5.74) is -0.263. The number of para-hydroxylation sites is 2. The van der Waals surface area contributed by atoms with Crippen molar-refractivity contribution in [3.8, 4) is 0 Å². The van der Waals surface area contributed by atoms with Gasteiger partial charge in [0, 0.05) is 29.7 Å². The highest BCUT2D eigenvalue weighted by Gasteiger charge is 2.70. The van der Waals surface area contributed by atoms with Gasteiger partial charge in [0.1, 0.15) is 11.8 Å². The number of anilines is 1. The number of amides is 1. The maximum Gasteiger partial charge on any atom is 0.302 e. The molecule has 0 saturated heterocycles. The van der Waals surface area contributed by atoms with Gasteiger partial charge < -0.3 is 10.1 Å². The van der Waals surface area contributed by atoms with Crippen molar-refractivity contribution in [2.75, 3.05) is 5.32 Å². The lowest BCUT2D eigenvalue weighted by Crippen LogP contribution is -2.66. The smallest absolute Gasteiger partial charge is 0.302 e. The lowest BCUT2D eigenvalue weighted by atomic mass is 9.33. The van der Waals surface area contributed by atoms with Gasteiger partial charge in [-0.2, -0.15) is 0 Å². The number of carbonyl (C=O) groups is 3. The van der Waals surface area contributed by atoms with Crippen LogP contribution in [0.2, 0.25) is 0 Å². The number of nitro benzene ring substituents is 1. The molecule has 0 bridgehead atoms. The Hall–Kier alpha value is -3.03. The molecule has 1 N–H and O–H groups in total. The Bertz CT molecular complexity index is 1530. The second-order valence-corrected chi connectivity index (χ2v) is 17.4. The molecule has 4 saturated carbocycles. The summed E-state index contributed by atoms with van der Waals surface area (Å²) in [6.07, 6.45) is 9.65. The fraction of sp³-hybridized carbons (Fsp3) is 0.711. The molecule has 6 rings (SSSR count). The van der Waals surface area contributed by atoms with Gasteiger partial charge in [0.05, 0.1) is 4.92 Å². The fourth-order valence-electron chi connectivity index (χ4n) is 11.8. The van der Waals surface area contributed by atoms with Crippen LogP contribution in [0.5, 0.6) is 0 Å². The van der Waals surface area contributed by atoms with E-state index in [0.717, 1.165) is 44.9 Å². The molecule has 8 heteroatoms. The standard InChI is InChI=1S/C38H52N2O6/c1-23(41)46-30-14-15-36(6)29(33(30,2)3)13-16-38(8)31(36)28(42)21-24-25-22-35(5,18-17-34(25,4)19-20-37(24,38)7)32(43)39-26-11-9-10-12-27(26)40(44)45/h9-12,21,25,29-31H,13-20,22H2,1-8H3,(H,39,43)/t25-,29-,30-,31-,34-,35+,36+,37+,38-/m1/s1. The molecule has 8 nitrogen and oxygen atoms in total. The fourth-order valence-corrected chi connectivity index (χ4v) is 11.8. The molecule has 5 aliphatic rings. The molecule has 0 aromatic heterocycles. The topological polar surface area (TPSA) is 116 Å². The van der Waals surface area contributed by atoms with Crippen molar-refractivity contribution < 1.29 is 24.0 Å². The first-order valence-corrected chi connectivity index (χ1v) is 17.3. The van der Waals surface area contributed by atoms with E-state index in [-0.39, 0.29) is 80.0 Å². The summed E-state index contributed by atoms with van der Waals surface area (Å²) in [6, 6.07) is 6.30. The number of nitro groups is 1. The Morgan fingerprint density at radius 1 is 0.935 bits per heavy atom. The maximum atomic E-state index is 14.7. The number of ether oxygens (including phenoxy) is 1. The molecule has 4 fully saturated rings. The third-order valence-electron chi connectivity index (χ3n) is 14.7. The highest BCUT2D eigenvalue weighted by molar-refractivity contribution is 5.98. The predicted octanol–water partition coefficient (Wildman–Crippen LogP) is 8.45. The summed E-state index contributed by atoms with van der Waals surface area (Å²) in [7, 11) is 0. The van der Waals surface area contributed by atoms with E-state index in [1.54, 1.807) is 18.2 Å². The summed E-state index contributed by atoms with van der Waals surface area (Å²) in [6.45, 7) is 17.4. The summed E-state index contributed by atoms with van der Waals surface area (Å²) in [4.78, 5) is 51.8. The number of hydrogen-bond acceptors (Lipinski definition) is 6. The van der Waals surface area contributed by atoms with Gasteiger partial charge in [-0.05, 0) is 103 Å². The van der Waals surface area contributed by atoms with Crippen LogP contribution in [0.1, 0.15) is 113 Å². The van der Waals surface area contributed by atoms with Crippen molar-refractivity contribution in [1.29, 1.82) is 0 Å². The molecule has 9 atom stereocenters. The van der Waals surface area contributed by atoms with Gasteiger partial charge in [0.2, 0.25) is 5.91 Å². The van der Waals surface area contributed by atoms with Gasteiger partial charge in [-0.25, -0.2) is 0 Å². The number of nitrogens with one attached hydrogen (secondary N) is 1. The summed E-state index contributed by atoms with van der Waals surface area (Å²) >= 11 is 0. The minimum Gasteiger partial charge on any atom is -0.462 e. The predicted molar refractivity (Wildman–Crippen MR) is 177 cm³/mol. The number of ketones is 1. The first-order valence-electron chi connectivity index (χ1n) is 17.3. The molecule has 250 valence electrons. The lowest BCUT2D eigenvalue weighted by molar-refractivity contribution is -0.383.